The number of pyridine rings is 1. The van der Waals surface area contributed by atoms with Crippen molar-refractivity contribution in [3.8, 4) is 16.8 Å². The van der Waals surface area contributed by atoms with E-state index in [-0.39, 0.29) is 35.1 Å². The second kappa shape index (κ2) is 13.7. The third-order valence-corrected chi connectivity index (χ3v) is 11.4. The van der Waals surface area contributed by atoms with Crippen molar-refractivity contribution in [1.29, 1.82) is 0 Å². The van der Waals surface area contributed by atoms with E-state index in [2.05, 4.69) is 34.1 Å². The van der Waals surface area contributed by atoms with Gasteiger partial charge in [0.15, 0.2) is 11.4 Å². The standard InChI is InChI=1S/C39H46FN5O4/c1-42(2)39(16-17-39)35(47)20-26-8-12-32(13-9-26)45-37(48)34-22-31(40)23-41-36(34)44(38(45)49)33-5-3-4-30(21-33)29-10-6-27(7-11-29)24-43-18-14-28(25-46)15-19-43/h3-7,10-11,21-23,26,28,32,46H,8-9,12-20,24-25H2,1-2H3. The quantitative estimate of drug-likeness (QED) is 0.244. The zero-order valence-corrected chi connectivity index (χ0v) is 28.5. The number of aliphatic hydroxyl groups excluding tert-OH is 1. The molecule has 0 radical (unpaired) electrons. The Bertz CT molecular complexity index is 1950. The summed E-state index contributed by atoms with van der Waals surface area (Å²) in [5.74, 6) is 0.287. The van der Waals surface area contributed by atoms with Crippen molar-refractivity contribution in [2.24, 2.45) is 11.8 Å². The normalized spacial score (nSPS) is 21.3. The van der Waals surface area contributed by atoms with E-state index >= 15 is 0 Å². The molecule has 10 heteroatoms. The van der Waals surface area contributed by atoms with Gasteiger partial charge in [0.1, 0.15) is 5.82 Å². The number of piperidine rings is 1. The van der Waals surface area contributed by atoms with Crippen LogP contribution in [-0.4, -0.2) is 74.1 Å². The summed E-state index contributed by atoms with van der Waals surface area (Å²) in [7, 11) is 3.93. The molecule has 49 heavy (non-hydrogen) atoms. The van der Waals surface area contributed by atoms with Crippen LogP contribution in [0.4, 0.5) is 4.39 Å². The van der Waals surface area contributed by atoms with Crippen LogP contribution in [0.2, 0.25) is 0 Å². The number of aromatic nitrogens is 3. The summed E-state index contributed by atoms with van der Waals surface area (Å²) in [5, 5.41) is 9.51. The summed E-state index contributed by atoms with van der Waals surface area (Å²) >= 11 is 0. The summed E-state index contributed by atoms with van der Waals surface area (Å²) in [6.45, 7) is 3.09. The number of Topliss-reactive ketones (excluding diaryl/α,β-unsaturated/α-hetero) is 1. The van der Waals surface area contributed by atoms with Gasteiger partial charge in [0.25, 0.3) is 5.56 Å². The van der Waals surface area contributed by atoms with Gasteiger partial charge in [-0.1, -0.05) is 36.4 Å². The van der Waals surface area contributed by atoms with Gasteiger partial charge in [-0.05, 0) is 125 Å². The Morgan fingerprint density at radius 2 is 1.65 bits per heavy atom. The van der Waals surface area contributed by atoms with E-state index in [4.69, 9.17) is 0 Å². The molecule has 0 atom stereocenters. The first-order valence-corrected chi connectivity index (χ1v) is 17.7. The largest absolute Gasteiger partial charge is 0.396 e. The number of likely N-dealkylation sites (tertiary alicyclic amines) is 1. The molecular weight excluding hydrogens is 621 g/mol. The Morgan fingerprint density at radius 1 is 0.939 bits per heavy atom. The molecule has 1 aliphatic heterocycles. The predicted octanol–water partition coefficient (Wildman–Crippen LogP) is 5.34. The fourth-order valence-corrected chi connectivity index (χ4v) is 8.10. The molecule has 258 valence electrons. The number of fused-ring (bicyclic) bond motifs is 1. The molecule has 2 aromatic heterocycles. The highest BCUT2D eigenvalue weighted by molar-refractivity contribution is 5.91. The minimum absolute atomic E-state index is 0.0661. The van der Waals surface area contributed by atoms with E-state index in [1.165, 1.54) is 20.8 Å². The number of carbonyl (C=O) groups is 1. The average molecular weight is 668 g/mol. The summed E-state index contributed by atoms with van der Waals surface area (Å²) in [4.78, 5) is 50.0. The summed E-state index contributed by atoms with van der Waals surface area (Å²) < 4.78 is 17.2. The van der Waals surface area contributed by atoms with Crippen LogP contribution < -0.4 is 11.2 Å². The molecule has 0 amide bonds. The Kier molecular flexibility index (Phi) is 9.39. The molecule has 0 spiro atoms. The van der Waals surface area contributed by atoms with Crippen molar-refractivity contribution in [3.63, 3.8) is 0 Å². The van der Waals surface area contributed by atoms with Crippen molar-refractivity contribution in [3.05, 3.63) is 93.0 Å². The number of benzene rings is 2. The van der Waals surface area contributed by atoms with Crippen LogP contribution in [0.3, 0.4) is 0 Å². The van der Waals surface area contributed by atoms with Gasteiger partial charge in [0.05, 0.1) is 22.8 Å². The zero-order valence-electron chi connectivity index (χ0n) is 28.5. The van der Waals surface area contributed by atoms with E-state index in [0.29, 0.717) is 36.7 Å². The second-order valence-corrected chi connectivity index (χ2v) is 14.7. The smallest absolute Gasteiger partial charge is 0.337 e. The number of hydrogen-bond donors (Lipinski definition) is 1. The predicted molar refractivity (Wildman–Crippen MR) is 188 cm³/mol. The van der Waals surface area contributed by atoms with Gasteiger partial charge in [-0.15, -0.1) is 0 Å². The molecule has 3 heterocycles. The lowest BCUT2D eigenvalue weighted by molar-refractivity contribution is -0.126. The number of ketones is 1. The topological polar surface area (TPSA) is 101 Å². The minimum Gasteiger partial charge on any atom is -0.396 e. The van der Waals surface area contributed by atoms with Crippen LogP contribution in [0.15, 0.2) is 70.4 Å². The lowest BCUT2D eigenvalue weighted by Gasteiger charge is -2.31. The van der Waals surface area contributed by atoms with Gasteiger partial charge in [0.2, 0.25) is 0 Å². The van der Waals surface area contributed by atoms with E-state index in [9.17, 15) is 23.9 Å². The van der Waals surface area contributed by atoms with Crippen molar-refractivity contribution in [1.82, 2.24) is 23.9 Å². The van der Waals surface area contributed by atoms with Crippen molar-refractivity contribution >= 4 is 16.8 Å². The summed E-state index contributed by atoms with van der Waals surface area (Å²) in [6.07, 6.45) is 8.10. The Morgan fingerprint density at radius 3 is 2.31 bits per heavy atom. The molecule has 2 aromatic carbocycles. The fourth-order valence-electron chi connectivity index (χ4n) is 8.10. The van der Waals surface area contributed by atoms with E-state index < -0.39 is 17.1 Å². The maximum Gasteiger partial charge on any atom is 0.337 e. The van der Waals surface area contributed by atoms with E-state index in [1.54, 1.807) is 0 Å². The number of nitrogens with zero attached hydrogens (tertiary/aromatic N) is 5. The first kappa shape index (κ1) is 33.5. The monoisotopic (exact) mass is 667 g/mol. The first-order valence-electron chi connectivity index (χ1n) is 17.7. The Balaban J connectivity index is 1.15. The molecule has 7 rings (SSSR count). The number of halogens is 1. The highest BCUT2D eigenvalue weighted by Gasteiger charge is 2.51. The SMILES string of the molecule is CN(C)C1(C(=O)CC2CCC(n3c(=O)c4cc(F)cnc4n(-c4cccc(-c5ccc(CN6CCC(CO)CC6)cc5)c4)c3=O)CC2)CC1. The number of aliphatic hydroxyl groups is 1. The van der Waals surface area contributed by atoms with Crippen LogP contribution in [0, 0.1) is 17.7 Å². The van der Waals surface area contributed by atoms with Gasteiger partial charge >= 0.3 is 5.69 Å². The number of carbonyl (C=O) groups excluding carboxylic acids is 1. The highest BCUT2D eigenvalue weighted by Crippen LogP contribution is 2.44. The van der Waals surface area contributed by atoms with Crippen molar-refractivity contribution in [2.75, 3.05) is 33.8 Å². The Labute approximate surface area is 286 Å². The molecule has 9 nitrogen and oxygen atoms in total. The molecule has 2 aliphatic carbocycles. The summed E-state index contributed by atoms with van der Waals surface area (Å²) in [5.41, 5.74) is 2.46. The van der Waals surface area contributed by atoms with Crippen LogP contribution in [0.25, 0.3) is 27.8 Å². The van der Waals surface area contributed by atoms with Gasteiger partial charge in [-0.25, -0.2) is 18.7 Å². The summed E-state index contributed by atoms with van der Waals surface area (Å²) in [6, 6.07) is 16.8. The molecule has 0 bridgehead atoms. The molecule has 2 saturated carbocycles. The average Bonchev–Trinajstić information content (AvgIpc) is 3.93. The molecule has 3 fully saturated rings. The highest BCUT2D eigenvalue weighted by atomic mass is 19.1. The lowest BCUT2D eigenvalue weighted by atomic mass is 9.81. The number of rotatable bonds is 10. The number of likely N-dealkylation sites (N-methyl/N-ethyl adjacent to an activating group) is 1. The van der Waals surface area contributed by atoms with Gasteiger partial charge < -0.3 is 5.11 Å². The van der Waals surface area contributed by atoms with Gasteiger partial charge in [-0.3, -0.25) is 24.0 Å². The second-order valence-electron chi connectivity index (χ2n) is 14.7. The van der Waals surface area contributed by atoms with Crippen LogP contribution in [0.5, 0.6) is 0 Å². The molecule has 3 aliphatic rings. The van der Waals surface area contributed by atoms with Gasteiger partial charge in [-0.2, -0.15) is 0 Å². The zero-order chi connectivity index (χ0) is 34.3. The molecule has 1 saturated heterocycles. The minimum atomic E-state index is -0.634. The van der Waals surface area contributed by atoms with Crippen LogP contribution in [0.1, 0.15) is 69.4 Å². The van der Waals surface area contributed by atoms with Crippen molar-refractivity contribution in [2.45, 2.75) is 75.9 Å². The third kappa shape index (κ3) is 6.66. The molecular formula is C39H46FN5O4. The fraction of sp³-hybridized carbons (Fsp3) is 0.487. The Hall–Kier alpha value is -3.99. The van der Waals surface area contributed by atoms with Gasteiger partial charge in [0, 0.05) is 25.6 Å². The van der Waals surface area contributed by atoms with Crippen LogP contribution in [-0.2, 0) is 11.3 Å². The maximum absolute atomic E-state index is 14.5. The van der Waals surface area contributed by atoms with Crippen molar-refractivity contribution < 1.29 is 14.3 Å². The van der Waals surface area contributed by atoms with E-state index in [0.717, 1.165) is 75.5 Å². The number of hydrogen-bond acceptors (Lipinski definition) is 7. The molecule has 4 aromatic rings. The maximum atomic E-state index is 14.5. The lowest BCUT2D eigenvalue weighted by Crippen LogP contribution is -2.43. The molecule has 1 N–H and O–H groups in total. The van der Waals surface area contributed by atoms with E-state index in [1.807, 2.05) is 43.3 Å². The first-order chi connectivity index (χ1) is 23.7. The van der Waals surface area contributed by atoms with Crippen LogP contribution >= 0.6 is 0 Å². The third-order valence-electron chi connectivity index (χ3n) is 11.4. The molecule has 0 unspecified atom stereocenters.